The van der Waals surface area contributed by atoms with E-state index in [9.17, 15) is 24.6 Å². The Bertz CT molecular complexity index is 872. The first-order chi connectivity index (χ1) is 12.3. The van der Waals surface area contributed by atoms with Gasteiger partial charge in [-0.2, -0.15) is 0 Å². The minimum atomic E-state index is -1.24. The van der Waals surface area contributed by atoms with E-state index in [1.54, 1.807) is 31.2 Å². The number of benzene rings is 1. The topological polar surface area (TPSA) is 118 Å². The van der Waals surface area contributed by atoms with Crippen LogP contribution in [0.3, 0.4) is 0 Å². The fraction of sp³-hybridized carbons (Fsp3) is 0.278. The summed E-state index contributed by atoms with van der Waals surface area (Å²) in [6, 6.07) is 7.91. The van der Waals surface area contributed by atoms with Crippen LogP contribution < -0.4 is 15.6 Å². The molecular formula is C18H20N2O6. The Labute approximate surface area is 149 Å². The Balaban J connectivity index is 2.38. The molecule has 0 aliphatic carbocycles. The van der Waals surface area contributed by atoms with Crippen molar-refractivity contribution in [2.24, 2.45) is 0 Å². The molecule has 138 valence electrons. The van der Waals surface area contributed by atoms with Crippen LogP contribution in [0.4, 0.5) is 0 Å². The maximum absolute atomic E-state index is 12.5. The third-order valence-corrected chi connectivity index (χ3v) is 3.55. The number of carboxylic acids is 1. The molecule has 1 aromatic carbocycles. The summed E-state index contributed by atoms with van der Waals surface area (Å²) in [4.78, 5) is 35.6. The predicted octanol–water partition coefficient (Wildman–Crippen LogP) is 0.714. The van der Waals surface area contributed by atoms with Gasteiger partial charge >= 0.3 is 5.97 Å². The second-order valence-corrected chi connectivity index (χ2v) is 5.77. The number of amides is 1. The van der Waals surface area contributed by atoms with E-state index in [0.717, 1.165) is 6.07 Å². The Morgan fingerprint density at radius 3 is 2.65 bits per heavy atom. The van der Waals surface area contributed by atoms with Crippen LogP contribution in [0.1, 0.15) is 33.2 Å². The van der Waals surface area contributed by atoms with Gasteiger partial charge in [0.05, 0.1) is 18.2 Å². The van der Waals surface area contributed by atoms with Gasteiger partial charge in [-0.15, -0.1) is 0 Å². The molecule has 0 aliphatic rings. The zero-order chi connectivity index (χ0) is 19.3. The lowest BCUT2D eigenvalue weighted by atomic mass is 10.1. The third kappa shape index (κ3) is 4.70. The quantitative estimate of drug-likeness (QED) is 0.669. The van der Waals surface area contributed by atoms with E-state index in [1.165, 1.54) is 17.8 Å². The molecule has 0 aliphatic heterocycles. The second kappa shape index (κ2) is 8.30. The number of nitrogens with zero attached hydrogens (tertiary/aromatic N) is 1. The van der Waals surface area contributed by atoms with E-state index in [2.05, 4.69) is 5.32 Å². The summed E-state index contributed by atoms with van der Waals surface area (Å²) in [5.41, 5.74) is -0.316. The maximum atomic E-state index is 12.5. The molecule has 0 spiro atoms. The van der Waals surface area contributed by atoms with Crippen LogP contribution in [0.2, 0.25) is 0 Å². The SMILES string of the molecule is CNC(=O)c1cc(C(=O)O)cn(Cc2cccc(OC[C@H](C)O)c2)c1=O. The zero-order valence-corrected chi connectivity index (χ0v) is 14.4. The lowest BCUT2D eigenvalue weighted by Gasteiger charge is -2.12. The van der Waals surface area contributed by atoms with Crippen LogP contribution in [0.5, 0.6) is 5.75 Å². The van der Waals surface area contributed by atoms with Crippen LogP contribution in [-0.2, 0) is 6.54 Å². The number of rotatable bonds is 7. The van der Waals surface area contributed by atoms with Gasteiger partial charge in [0.1, 0.15) is 17.9 Å². The van der Waals surface area contributed by atoms with Crippen molar-refractivity contribution in [3.05, 3.63) is 63.6 Å². The molecule has 3 N–H and O–H groups in total. The number of aliphatic hydroxyl groups is 1. The monoisotopic (exact) mass is 360 g/mol. The molecular weight excluding hydrogens is 340 g/mol. The Kier molecular flexibility index (Phi) is 6.13. The number of hydrogen-bond donors (Lipinski definition) is 3. The van der Waals surface area contributed by atoms with Gasteiger partial charge in [-0.25, -0.2) is 4.79 Å². The molecule has 0 fully saturated rings. The molecule has 1 amide bonds. The van der Waals surface area contributed by atoms with Gasteiger partial charge in [-0.05, 0) is 30.7 Å². The minimum Gasteiger partial charge on any atom is -0.491 e. The van der Waals surface area contributed by atoms with Crippen molar-refractivity contribution >= 4 is 11.9 Å². The average Bonchev–Trinajstić information content (AvgIpc) is 2.61. The first kappa shape index (κ1) is 19.2. The highest BCUT2D eigenvalue weighted by Crippen LogP contribution is 2.15. The van der Waals surface area contributed by atoms with Crippen LogP contribution in [0.15, 0.2) is 41.3 Å². The molecule has 0 radical (unpaired) electrons. The molecule has 26 heavy (non-hydrogen) atoms. The van der Waals surface area contributed by atoms with E-state index in [-0.39, 0.29) is 24.3 Å². The first-order valence-corrected chi connectivity index (χ1v) is 7.91. The molecule has 8 heteroatoms. The Morgan fingerprint density at radius 2 is 2.04 bits per heavy atom. The lowest BCUT2D eigenvalue weighted by molar-refractivity contribution is 0.0695. The fourth-order valence-corrected chi connectivity index (χ4v) is 2.31. The highest BCUT2D eigenvalue weighted by atomic mass is 16.5. The summed E-state index contributed by atoms with van der Waals surface area (Å²) < 4.78 is 6.59. The van der Waals surface area contributed by atoms with Crippen molar-refractivity contribution in [3.8, 4) is 5.75 Å². The van der Waals surface area contributed by atoms with E-state index < -0.39 is 23.5 Å². The van der Waals surface area contributed by atoms with Gasteiger partial charge < -0.3 is 24.8 Å². The largest absolute Gasteiger partial charge is 0.491 e. The van der Waals surface area contributed by atoms with Gasteiger partial charge in [0.15, 0.2) is 0 Å². The Hall–Kier alpha value is -3.13. The number of carbonyl (C=O) groups excluding carboxylic acids is 1. The summed E-state index contributed by atoms with van der Waals surface area (Å²) in [6.07, 6.45) is 0.573. The number of aliphatic hydroxyl groups excluding tert-OH is 1. The highest BCUT2D eigenvalue weighted by Gasteiger charge is 2.16. The number of hydrogen-bond acceptors (Lipinski definition) is 5. The molecule has 1 aromatic heterocycles. The van der Waals surface area contributed by atoms with Crippen LogP contribution >= 0.6 is 0 Å². The molecule has 0 saturated carbocycles. The van der Waals surface area contributed by atoms with Crippen molar-refractivity contribution in [3.63, 3.8) is 0 Å². The Morgan fingerprint density at radius 1 is 1.31 bits per heavy atom. The van der Waals surface area contributed by atoms with E-state index >= 15 is 0 Å². The fourth-order valence-electron chi connectivity index (χ4n) is 2.31. The van der Waals surface area contributed by atoms with Gasteiger partial charge in [-0.3, -0.25) is 9.59 Å². The zero-order valence-electron chi connectivity index (χ0n) is 14.4. The molecule has 0 saturated heterocycles. The molecule has 1 heterocycles. The number of carbonyl (C=O) groups is 2. The van der Waals surface area contributed by atoms with Gasteiger partial charge in [-0.1, -0.05) is 12.1 Å². The van der Waals surface area contributed by atoms with Crippen molar-refractivity contribution in [2.45, 2.75) is 19.6 Å². The van der Waals surface area contributed by atoms with Gasteiger partial charge in [0.2, 0.25) is 0 Å². The summed E-state index contributed by atoms with van der Waals surface area (Å²) >= 11 is 0. The van der Waals surface area contributed by atoms with E-state index in [1.807, 2.05) is 0 Å². The van der Waals surface area contributed by atoms with Gasteiger partial charge in [0, 0.05) is 13.2 Å². The predicted molar refractivity (Wildman–Crippen MR) is 93.8 cm³/mol. The maximum Gasteiger partial charge on any atom is 0.337 e. The minimum absolute atomic E-state index is 0.0653. The number of aromatic nitrogens is 1. The summed E-state index contributed by atoms with van der Waals surface area (Å²) in [6.45, 7) is 1.79. The lowest BCUT2D eigenvalue weighted by Crippen LogP contribution is -2.32. The molecule has 0 bridgehead atoms. The summed E-state index contributed by atoms with van der Waals surface area (Å²) in [7, 11) is 1.36. The van der Waals surface area contributed by atoms with Crippen LogP contribution in [-0.4, -0.2) is 46.4 Å². The number of nitrogens with one attached hydrogen (secondary N) is 1. The molecule has 2 aromatic rings. The highest BCUT2D eigenvalue weighted by molar-refractivity contribution is 5.96. The van der Waals surface area contributed by atoms with Crippen LogP contribution in [0.25, 0.3) is 0 Å². The number of carboxylic acid groups (broad SMARTS) is 1. The summed E-state index contributed by atoms with van der Waals surface area (Å²) in [5.74, 6) is -1.38. The first-order valence-electron chi connectivity index (χ1n) is 7.91. The third-order valence-electron chi connectivity index (χ3n) is 3.55. The van der Waals surface area contributed by atoms with Gasteiger partial charge in [0.25, 0.3) is 11.5 Å². The molecule has 0 unspecified atom stereocenters. The number of ether oxygens (including phenoxy) is 1. The van der Waals surface area contributed by atoms with E-state index in [0.29, 0.717) is 11.3 Å². The van der Waals surface area contributed by atoms with Crippen LogP contribution in [0, 0.1) is 0 Å². The standard InChI is InChI=1S/C18H20N2O6/c1-11(21)10-26-14-5-3-4-12(6-14)8-20-9-13(18(24)25)7-15(17(20)23)16(22)19-2/h3-7,9,11,21H,8,10H2,1-2H3,(H,19,22)(H,24,25)/t11-/m0/s1. The van der Waals surface area contributed by atoms with Crippen molar-refractivity contribution < 1.29 is 24.5 Å². The second-order valence-electron chi connectivity index (χ2n) is 5.77. The average molecular weight is 360 g/mol. The van der Waals surface area contributed by atoms with Crippen molar-refractivity contribution in [2.75, 3.05) is 13.7 Å². The van der Waals surface area contributed by atoms with Crippen molar-refractivity contribution in [1.29, 1.82) is 0 Å². The number of aromatic carboxylic acids is 1. The normalized spacial score (nSPS) is 11.7. The van der Waals surface area contributed by atoms with Crippen molar-refractivity contribution in [1.82, 2.24) is 9.88 Å². The summed E-state index contributed by atoms with van der Waals surface area (Å²) in [5, 5.41) is 20.8. The molecule has 1 atom stereocenters. The molecule has 2 rings (SSSR count). The molecule has 8 nitrogen and oxygen atoms in total. The van der Waals surface area contributed by atoms with E-state index in [4.69, 9.17) is 4.74 Å². The smallest absolute Gasteiger partial charge is 0.337 e. The number of pyridine rings is 1.